The zero-order valence-electron chi connectivity index (χ0n) is 16.2. The highest BCUT2D eigenvalue weighted by Crippen LogP contribution is 2.23. The van der Waals surface area contributed by atoms with Gasteiger partial charge in [-0.2, -0.15) is 15.4 Å². The number of rotatable bonds is 12. The molecule has 0 amide bonds. The lowest BCUT2D eigenvalue weighted by atomic mass is 10.0. The van der Waals surface area contributed by atoms with E-state index in [2.05, 4.69) is 65.3 Å². The van der Waals surface area contributed by atoms with Gasteiger partial charge in [0.05, 0.1) is 5.69 Å². The Morgan fingerprint density at radius 1 is 0.880 bits per heavy atom. The van der Waals surface area contributed by atoms with Gasteiger partial charge in [-0.1, -0.05) is 63.8 Å². The van der Waals surface area contributed by atoms with Crippen LogP contribution >= 0.6 is 0 Å². The summed E-state index contributed by atoms with van der Waals surface area (Å²) in [6.45, 7) is 10.1. The average molecular weight is 343 g/mol. The topological polar surface area (TPSA) is 44.8 Å². The Balaban J connectivity index is 1.97. The minimum atomic E-state index is 0.957. The monoisotopic (exact) mass is 342 g/mol. The lowest BCUT2D eigenvalue weighted by molar-refractivity contribution is 0.264. The van der Waals surface area contributed by atoms with Crippen molar-refractivity contribution in [2.45, 2.75) is 65.7 Å². The Hall–Kier alpha value is -1.68. The Labute approximate surface area is 153 Å². The third-order valence-electron chi connectivity index (χ3n) is 4.84. The number of unbranched alkanes of at least 4 members (excludes halogenated alkanes) is 4. The first-order valence-corrected chi connectivity index (χ1v) is 9.94. The van der Waals surface area contributed by atoms with E-state index in [0.717, 1.165) is 24.4 Å². The third kappa shape index (κ3) is 6.28. The molecule has 0 aliphatic rings. The summed E-state index contributed by atoms with van der Waals surface area (Å²) < 4.78 is 0. The third-order valence-corrected chi connectivity index (χ3v) is 4.84. The summed E-state index contributed by atoms with van der Waals surface area (Å²) in [5.41, 5.74) is 4.54. The number of nitrogens with one attached hydrogen (secondary N) is 1. The molecule has 0 unspecified atom stereocenters. The molecule has 1 aromatic heterocycles. The number of hydrogen-bond donors (Lipinski definition) is 1. The van der Waals surface area contributed by atoms with Crippen molar-refractivity contribution in [3.8, 4) is 11.3 Å². The van der Waals surface area contributed by atoms with E-state index in [4.69, 9.17) is 0 Å². The lowest BCUT2D eigenvalue weighted by Crippen LogP contribution is -2.28. The molecular formula is C21H34N4. The molecule has 0 saturated heterocycles. The number of benzene rings is 1. The molecule has 0 aliphatic heterocycles. The molecular weight excluding hydrogens is 308 g/mol. The van der Waals surface area contributed by atoms with Crippen molar-refractivity contribution in [1.29, 1.82) is 0 Å². The van der Waals surface area contributed by atoms with Crippen molar-refractivity contribution in [2.75, 3.05) is 19.6 Å². The molecule has 2 rings (SSSR count). The van der Waals surface area contributed by atoms with E-state index in [1.54, 1.807) is 0 Å². The summed E-state index contributed by atoms with van der Waals surface area (Å²) in [5.74, 6) is 0. The average Bonchev–Trinajstić information content (AvgIpc) is 3.08. The molecule has 0 aliphatic carbocycles. The highest BCUT2D eigenvalue weighted by molar-refractivity contribution is 5.65. The molecule has 1 heterocycles. The van der Waals surface area contributed by atoms with Crippen molar-refractivity contribution in [3.05, 3.63) is 35.5 Å². The van der Waals surface area contributed by atoms with Crippen LogP contribution < -0.4 is 0 Å². The summed E-state index contributed by atoms with van der Waals surface area (Å²) in [4.78, 5) is 2.61. The quantitative estimate of drug-likeness (QED) is 0.552. The van der Waals surface area contributed by atoms with Crippen LogP contribution in [0.25, 0.3) is 11.3 Å². The number of hydrogen-bond acceptors (Lipinski definition) is 3. The number of aryl methyl sites for hydroxylation is 1. The maximum Gasteiger partial charge on any atom is 0.116 e. The predicted molar refractivity (Wildman–Crippen MR) is 106 cm³/mol. The van der Waals surface area contributed by atoms with Gasteiger partial charge in [0.2, 0.25) is 0 Å². The molecule has 0 radical (unpaired) electrons. The lowest BCUT2D eigenvalue weighted by Gasteiger charge is -2.22. The van der Waals surface area contributed by atoms with Gasteiger partial charge in [0, 0.05) is 18.5 Å². The Kier molecular flexibility index (Phi) is 8.67. The molecule has 0 spiro atoms. The fourth-order valence-corrected chi connectivity index (χ4v) is 3.25. The number of aromatic nitrogens is 3. The normalized spacial score (nSPS) is 11.4. The van der Waals surface area contributed by atoms with Crippen LogP contribution in [-0.4, -0.2) is 39.9 Å². The van der Waals surface area contributed by atoms with E-state index in [-0.39, 0.29) is 0 Å². The van der Waals surface area contributed by atoms with Crippen LogP contribution in [0.15, 0.2) is 24.3 Å². The van der Waals surface area contributed by atoms with Crippen LogP contribution in [-0.2, 0) is 6.42 Å². The van der Waals surface area contributed by atoms with Gasteiger partial charge in [-0.05, 0) is 38.4 Å². The highest BCUT2D eigenvalue weighted by atomic mass is 15.3. The van der Waals surface area contributed by atoms with Crippen molar-refractivity contribution < 1.29 is 0 Å². The van der Waals surface area contributed by atoms with Crippen molar-refractivity contribution in [3.63, 3.8) is 0 Å². The predicted octanol–water partition coefficient (Wildman–Crippen LogP) is 5.01. The van der Waals surface area contributed by atoms with Gasteiger partial charge in [0.15, 0.2) is 0 Å². The van der Waals surface area contributed by atoms with Crippen LogP contribution in [0, 0.1) is 6.92 Å². The number of H-pyrrole nitrogens is 1. The van der Waals surface area contributed by atoms with Gasteiger partial charge in [-0.3, -0.25) is 0 Å². The Bertz CT molecular complexity index is 595. The van der Waals surface area contributed by atoms with Crippen LogP contribution in [0.2, 0.25) is 0 Å². The second-order valence-electron chi connectivity index (χ2n) is 6.94. The molecule has 138 valence electrons. The van der Waals surface area contributed by atoms with E-state index < -0.39 is 0 Å². The van der Waals surface area contributed by atoms with E-state index >= 15 is 0 Å². The fraction of sp³-hybridized carbons (Fsp3) is 0.619. The molecule has 25 heavy (non-hydrogen) atoms. The highest BCUT2D eigenvalue weighted by Gasteiger charge is 2.13. The molecule has 1 N–H and O–H groups in total. The van der Waals surface area contributed by atoms with Gasteiger partial charge in [0.25, 0.3) is 0 Å². The molecule has 4 heteroatoms. The van der Waals surface area contributed by atoms with Crippen molar-refractivity contribution in [2.24, 2.45) is 0 Å². The maximum atomic E-state index is 4.44. The first-order chi connectivity index (χ1) is 12.3. The Morgan fingerprint density at radius 2 is 1.56 bits per heavy atom. The van der Waals surface area contributed by atoms with Gasteiger partial charge >= 0.3 is 0 Å². The molecule has 0 saturated carbocycles. The molecule has 2 aromatic rings. The van der Waals surface area contributed by atoms with E-state index in [1.807, 2.05) is 0 Å². The molecule has 1 aromatic carbocycles. The minimum Gasteiger partial charge on any atom is -0.303 e. The van der Waals surface area contributed by atoms with Crippen molar-refractivity contribution in [1.82, 2.24) is 20.3 Å². The number of aromatic amines is 1. The second-order valence-corrected chi connectivity index (χ2v) is 6.94. The van der Waals surface area contributed by atoms with Crippen LogP contribution in [0.3, 0.4) is 0 Å². The smallest absolute Gasteiger partial charge is 0.116 e. The summed E-state index contributed by atoms with van der Waals surface area (Å²) in [5, 5.41) is 11.7. The minimum absolute atomic E-state index is 0.957. The largest absolute Gasteiger partial charge is 0.303 e. The maximum absolute atomic E-state index is 4.44. The number of nitrogens with zero attached hydrogens (tertiary/aromatic N) is 3. The second kappa shape index (κ2) is 11.0. The summed E-state index contributed by atoms with van der Waals surface area (Å²) >= 11 is 0. The van der Waals surface area contributed by atoms with Crippen LogP contribution in [0.4, 0.5) is 0 Å². The molecule has 0 atom stereocenters. The van der Waals surface area contributed by atoms with Crippen LogP contribution in [0.1, 0.15) is 63.6 Å². The summed E-state index contributed by atoms with van der Waals surface area (Å²) in [6, 6.07) is 8.41. The zero-order valence-corrected chi connectivity index (χ0v) is 16.2. The van der Waals surface area contributed by atoms with Gasteiger partial charge in [0.1, 0.15) is 5.69 Å². The van der Waals surface area contributed by atoms with E-state index in [1.165, 1.54) is 62.7 Å². The molecule has 0 bridgehead atoms. The van der Waals surface area contributed by atoms with Gasteiger partial charge in [-0.15, -0.1) is 0 Å². The van der Waals surface area contributed by atoms with E-state index in [0.29, 0.717) is 0 Å². The first-order valence-electron chi connectivity index (χ1n) is 9.94. The Morgan fingerprint density at radius 3 is 2.20 bits per heavy atom. The fourth-order valence-electron chi connectivity index (χ4n) is 3.25. The first kappa shape index (κ1) is 19.6. The summed E-state index contributed by atoms with van der Waals surface area (Å²) in [7, 11) is 0. The van der Waals surface area contributed by atoms with Crippen LogP contribution in [0.5, 0.6) is 0 Å². The molecule has 0 fully saturated rings. The SMILES string of the molecule is CCCCCN(CCCCC)CCc1n[nH]nc1-c1ccccc1C. The van der Waals surface area contributed by atoms with Crippen molar-refractivity contribution >= 4 is 0 Å². The standard InChI is InChI=1S/C21H34N4/c1-4-6-10-15-25(16-11-7-5-2)17-14-20-21(23-24-22-20)19-13-9-8-12-18(19)3/h8-9,12-13H,4-7,10-11,14-17H2,1-3H3,(H,22,23,24). The summed E-state index contributed by atoms with van der Waals surface area (Å²) in [6.07, 6.45) is 8.76. The molecule has 4 nitrogen and oxygen atoms in total. The van der Waals surface area contributed by atoms with Gasteiger partial charge in [-0.25, -0.2) is 0 Å². The van der Waals surface area contributed by atoms with E-state index in [9.17, 15) is 0 Å². The zero-order chi connectivity index (χ0) is 17.9. The van der Waals surface area contributed by atoms with Gasteiger partial charge < -0.3 is 4.90 Å².